The van der Waals surface area contributed by atoms with Crippen LogP contribution in [0.25, 0.3) is 5.00 Å². The monoisotopic (exact) mass is 525 g/mol. The molecule has 7 heteroatoms. The molecule has 0 spiro atoms. The second kappa shape index (κ2) is 10.1. The van der Waals surface area contributed by atoms with Crippen LogP contribution in [0.1, 0.15) is 69.0 Å². The quantitative estimate of drug-likeness (QED) is 0.291. The molecule has 2 aromatic carbocycles. The standard InChI is InChI=1S/C31H31N3O3S/c1-3-37-30(35)23-10-4-6-11-25(23)32-31(36)34-19-24-22-9-5-7-13-27(22)38-29(24)33-18-8-12-26(33)28(34)21-16-14-20(2)15-17-21/h4,6,8,10-12,14-18,28H,3,5,7,9,13,19H2,1-2H3,(H,32,36)/t28-/m1/s1. The molecule has 1 aliphatic carbocycles. The van der Waals surface area contributed by atoms with Gasteiger partial charge in [0.1, 0.15) is 5.00 Å². The van der Waals surface area contributed by atoms with E-state index in [1.165, 1.54) is 39.4 Å². The summed E-state index contributed by atoms with van der Waals surface area (Å²) in [6.45, 7) is 4.61. The number of thiophene rings is 1. The zero-order valence-corrected chi connectivity index (χ0v) is 22.5. The van der Waals surface area contributed by atoms with Crippen LogP contribution in [-0.4, -0.2) is 28.1 Å². The first-order valence-corrected chi connectivity index (χ1v) is 14.1. The summed E-state index contributed by atoms with van der Waals surface area (Å²) < 4.78 is 7.53. The van der Waals surface area contributed by atoms with Crippen LogP contribution in [0.5, 0.6) is 0 Å². The number of fused-ring (bicyclic) bond motifs is 5. The van der Waals surface area contributed by atoms with Crippen molar-refractivity contribution < 1.29 is 14.3 Å². The minimum Gasteiger partial charge on any atom is -0.462 e. The predicted octanol–water partition coefficient (Wildman–Crippen LogP) is 7.04. The van der Waals surface area contributed by atoms with E-state index >= 15 is 0 Å². The highest BCUT2D eigenvalue weighted by atomic mass is 32.1. The molecular formula is C31H31N3O3S. The van der Waals surface area contributed by atoms with Crippen LogP contribution in [0, 0.1) is 6.92 Å². The van der Waals surface area contributed by atoms with Crippen LogP contribution < -0.4 is 5.32 Å². The Labute approximate surface area is 226 Å². The number of hydrogen-bond donors (Lipinski definition) is 1. The number of anilines is 1. The van der Waals surface area contributed by atoms with Gasteiger partial charge in [0.25, 0.3) is 0 Å². The summed E-state index contributed by atoms with van der Waals surface area (Å²) in [5, 5.41) is 4.28. The summed E-state index contributed by atoms with van der Waals surface area (Å²) in [4.78, 5) is 30.2. The largest absolute Gasteiger partial charge is 0.462 e. The average molecular weight is 526 g/mol. The molecular weight excluding hydrogens is 494 g/mol. The van der Waals surface area contributed by atoms with Gasteiger partial charge in [0.2, 0.25) is 0 Å². The lowest BCUT2D eigenvalue weighted by atomic mass is 9.95. The van der Waals surface area contributed by atoms with Crippen LogP contribution in [0.2, 0.25) is 0 Å². The van der Waals surface area contributed by atoms with Gasteiger partial charge in [-0.15, -0.1) is 11.3 Å². The lowest BCUT2D eigenvalue weighted by Gasteiger charge is -2.31. The molecule has 0 saturated carbocycles. The Kier molecular flexibility index (Phi) is 6.54. The van der Waals surface area contributed by atoms with Gasteiger partial charge in [-0.25, -0.2) is 9.59 Å². The number of amides is 2. The second-order valence-corrected chi connectivity index (χ2v) is 11.0. The molecule has 3 heterocycles. The number of urea groups is 1. The van der Waals surface area contributed by atoms with E-state index in [0.717, 1.165) is 24.1 Å². The fraction of sp³-hybridized carbons (Fsp3) is 0.290. The van der Waals surface area contributed by atoms with Crippen LogP contribution in [0.3, 0.4) is 0 Å². The first kappa shape index (κ1) is 24.5. The van der Waals surface area contributed by atoms with E-state index in [-0.39, 0.29) is 18.7 Å². The minimum atomic E-state index is -0.447. The maximum absolute atomic E-state index is 14.2. The Morgan fingerprint density at radius 1 is 1.00 bits per heavy atom. The first-order chi connectivity index (χ1) is 18.5. The first-order valence-electron chi connectivity index (χ1n) is 13.3. The number of ether oxygens (including phenoxy) is 1. The molecule has 6 nitrogen and oxygen atoms in total. The molecule has 38 heavy (non-hydrogen) atoms. The van der Waals surface area contributed by atoms with Gasteiger partial charge >= 0.3 is 12.0 Å². The van der Waals surface area contributed by atoms with E-state index in [4.69, 9.17) is 4.74 Å². The van der Waals surface area contributed by atoms with Gasteiger partial charge in [0.05, 0.1) is 36.1 Å². The van der Waals surface area contributed by atoms with Gasteiger partial charge in [0, 0.05) is 16.6 Å². The molecule has 194 valence electrons. The number of aryl methyl sites for hydroxylation is 2. The Balaban J connectivity index is 1.46. The number of carbonyl (C=O) groups excluding carboxylic acids is 2. The van der Waals surface area contributed by atoms with E-state index in [1.54, 1.807) is 25.1 Å². The van der Waals surface area contributed by atoms with E-state index in [2.05, 4.69) is 59.4 Å². The number of nitrogens with zero attached hydrogens (tertiary/aromatic N) is 2. The zero-order chi connectivity index (χ0) is 26.2. The van der Waals surface area contributed by atoms with Crippen LogP contribution in [-0.2, 0) is 24.1 Å². The molecule has 2 aliphatic rings. The van der Waals surface area contributed by atoms with Crippen LogP contribution in [0.4, 0.5) is 10.5 Å². The maximum atomic E-state index is 14.2. The summed E-state index contributed by atoms with van der Waals surface area (Å²) in [6.07, 6.45) is 6.66. The van der Waals surface area contributed by atoms with E-state index in [0.29, 0.717) is 17.8 Å². The topological polar surface area (TPSA) is 63.6 Å². The van der Waals surface area contributed by atoms with E-state index in [1.807, 2.05) is 22.3 Å². The highest BCUT2D eigenvalue weighted by molar-refractivity contribution is 7.15. The number of nitrogens with one attached hydrogen (secondary N) is 1. The molecule has 2 aromatic heterocycles. The van der Waals surface area contributed by atoms with Crippen LogP contribution >= 0.6 is 11.3 Å². The molecule has 0 fully saturated rings. The number of rotatable bonds is 4. The second-order valence-electron chi connectivity index (χ2n) is 9.93. The highest BCUT2D eigenvalue weighted by Crippen LogP contribution is 2.44. The number of hydrogen-bond acceptors (Lipinski definition) is 4. The number of esters is 1. The van der Waals surface area contributed by atoms with Crippen molar-refractivity contribution in [3.8, 4) is 5.00 Å². The molecule has 6 rings (SSSR count). The Morgan fingerprint density at radius 3 is 2.61 bits per heavy atom. The fourth-order valence-corrected chi connectivity index (χ4v) is 7.06. The van der Waals surface area contributed by atoms with Crippen molar-refractivity contribution >= 4 is 29.0 Å². The molecule has 0 unspecified atom stereocenters. The molecule has 1 aliphatic heterocycles. The number of para-hydroxylation sites is 1. The van der Waals surface area contributed by atoms with Gasteiger partial charge < -0.3 is 19.5 Å². The smallest absolute Gasteiger partial charge is 0.340 e. The Hall–Kier alpha value is -3.84. The van der Waals surface area contributed by atoms with Gasteiger partial charge in [-0.3, -0.25) is 0 Å². The third kappa shape index (κ3) is 4.31. The van der Waals surface area contributed by atoms with Gasteiger partial charge in [0.15, 0.2) is 0 Å². The molecule has 1 N–H and O–H groups in total. The van der Waals surface area contributed by atoms with Gasteiger partial charge in [-0.2, -0.15) is 0 Å². The Morgan fingerprint density at radius 2 is 1.79 bits per heavy atom. The Bertz CT molecular complexity index is 1500. The number of benzene rings is 2. The molecule has 2 amide bonds. The number of aromatic nitrogens is 1. The van der Waals surface area contributed by atoms with Crippen molar-refractivity contribution in [2.45, 2.75) is 52.1 Å². The normalized spacial score (nSPS) is 16.2. The number of carbonyl (C=O) groups is 2. The van der Waals surface area contributed by atoms with Crippen molar-refractivity contribution in [2.24, 2.45) is 0 Å². The molecule has 1 atom stereocenters. The predicted molar refractivity (Wildman–Crippen MR) is 150 cm³/mol. The molecule has 0 saturated heterocycles. The summed E-state index contributed by atoms with van der Waals surface area (Å²) in [6, 6.07) is 19.1. The highest BCUT2D eigenvalue weighted by Gasteiger charge is 2.36. The SMILES string of the molecule is CCOC(=O)c1ccccc1NC(=O)N1Cc2c(sc3c2CCCC3)-n2cccc2[C@H]1c1ccc(C)cc1. The average Bonchev–Trinajstić information content (AvgIpc) is 3.52. The third-order valence-electron chi connectivity index (χ3n) is 7.50. The molecule has 0 radical (unpaired) electrons. The maximum Gasteiger partial charge on any atom is 0.340 e. The summed E-state index contributed by atoms with van der Waals surface area (Å²) in [5.74, 6) is -0.447. The lowest BCUT2D eigenvalue weighted by molar-refractivity contribution is 0.0527. The van der Waals surface area contributed by atoms with Crippen LogP contribution in [0.15, 0.2) is 66.9 Å². The summed E-state index contributed by atoms with van der Waals surface area (Å²) in [7, 11) is 0. The van der Waals surface area contributed by atoms with E-state index in [9.17, 15) is 9.59 Å². The third-order valence-corrected chi connectivity index (χ3v) is 8.83. The lowest BCUT2D eigenvalue weighted by Crippen LogP contribution is -2.38. The minimum absolute atomic E-state index is 0.247. The molecule has 0 bridgehead atoms. The van der Waals surface area contributed by atoms with Crippen molar-refractivity contribution in [1.29, 1.82) is 0 Å². The zero-order valence-electron chi connectivity index (χ0n) is 21.7. The van der Waals surface area contributed by atoms with E-state index < -0.39 is 5.97 Å². The van der Waals surface area contributed by atoms with Gasteiger partial charge in [-0.05, 0) is 74.9 Å². The van der Waals surface area contributed by atoms with Crippen molar-refractivity contribution in [1.82, 2.24) is 9.47 Å². The fourth-order valence-electron chi connectivity index (χ4n) is 5.65. The summed E-state index contributed by atoms with van der Waals surface area (Å²) in [5.41, 5.74) is 6.72. The van der Waals surface area contributed by atoms with Gasteiger partial charge in [-0.1, -0.05) is 42.0 Å². The van der Waals surface area contributed by atoms with Crippen molar-refractivity contribution in [2.75, 3.05) is 11.9 Å². The van der Waals surface area contributed by atoms with Crippen molar-refractivity contribution in [3.05, 3.63) is 105 Å². The van der Waals surface area contributed by atoms with Crippen molar-refractivity contribution in [3.63, 3.8) is 0 Å². The summed E-state index contributed by atoms with van der Waals surface area (Å²) >= 11 is 1.87. The molecule has 4 aromatic rings.